The molecule has 17 heavy (non-hydrogen) atoms. The van der Waals surface area contributed by atoms with Gasteiger partial charge >= 0.3 is 5.97 Å². The van der Waals surface area contributed by atoms with E-state index in [1.807, 2.05) is 0 Å². The molecule has 1 aliphatic rings. The summed E-state index contributed by atoms with van der Waals surface area (Å²) >= 11 is 4.61. The molecule has 0 saturated carbocycles. The molecule has 1 aromatic heterocycles. The van der Waals surface area contributed by atoms with Crippen LogP contribution >= 0.6 is 27.3 Å². The Balaban J connectivity index is 2.21. The molecular formula is C10H10BrNO4S. The third kappa shape index (κ3) is 2.51. The van der Waals surface area contributed by atoms with Gasteiger partial charge in [0.05, 0.1) is 15.5 Å². The Morgan fingerprint density at radius 2 is 2.24 bits per heavy atom. The lowest BCUT2D eigenvalue weighted by molar-refractivity contribution is -0.141. The van der Waals surface area contributed by atoms with E-state index < -0.39 is 18.1 Å². The summed E-state index contributed by atoms with van der Waals surface area (Å²) in [4.78, 5) is 24.3. The van der Waals surface area contributed by atoms with E-state index in [0.29, 0.717) is 5.56 Å². The number of nitrogens with zero attached hydrogens (tertiary/aromatic N) is 1. The molecule has 7 heteroatoms. The van der Waals surface area contributed by atoms with Gasteiger partial charge in [0, 0.05) is 18.3 Å². The normalized spacial score (nSPS) is 24.0. The van der Waals surface area contributed by atoms with Crippen molar-refractivity contribution >= 4 is 39.1 Å². The van der Waals surface area contributed by atoms with Crippen molar-refractivity contribution in [2.75, 3.05) is 6.54 Å². The van der Waals surface area contributed by atoms with Crippen molar-refractivity contribution < 1.29 is 19.8 Å². The van der Waals surface area contributed by atoms with Crippen molar-refractivity contribution in [3.63, 3.8) is 0 Å². The number of carboxylic acids is 1. The van der Waals surface area contributed by atoms with Gasteiger partial charge in [-0.3, -0.25) is 4.79 Å². The molecule has 0 bridgehead atoms. The number of likely N-dealkylation sites (tertiary alicyclic amines) is 1. The van der Waals surface area contributed by atoms with E-state index in [0.717, 1.165) is 3.79 Å². The van der Waals surface area contributed by atoms with Crippen molar-refractivity contribution in [2.45, 2.75) is 18.6 Å². The van der Waals surface area contributed by atoms with Crippen LogP contribution in [0.3, 0.4) is 0 Å². The van der Waals surface area contributed by atoms with Gasteiger partial charge in [-0.1, -0.05) is 0 Å². The second-order valence-corrected chi connectivity index (χ2v) is 6.13. The maximum absolute atomic E-state index is 12.1. The number of rotatable bonds is 2. The summed E-state index contributed by atoms with van der Waals surface area (Å²) in [5.41, 5.74) is 0.447. The highest BCUT2D eigenvalue weighted by molar-refractivity contribution is 9.11. The predicted molar refractivity (Wildman–Crippen MR) is 65.1 cm³/mol. The monoisotopic (exact) mass is 319 g/mol. The number of halogens is 1. The molecule has 2 rings (SSSR count). The number of hydrogen-bond acceptors (Lipinski definition) is 4. The van der Waals surface area contributed by atoms with Gasteiger partial charge in [0.2, 0.25) is 0 Å². The number of hydrogen-bond donors (Lipinski definition) is 2. The Labute approximate surface area is 110 Å². The number of carbonyl (C=O) groups is 2. The first-order valence-corrected chi connectivity index (χ1v) is 6.62. The fraction of sp³-hybridized carbons (Fsp3) is 0.400. The molecule has 1 aliphatic heterocycles. The summed E-state index contributed by atoms with van der Waals surface area (Å²) < 4.78 is 0.812. The fourth-order valence-corrected chi connectivity index (χ4v) is 2.99. The SMILES string of the molecule is O=C(O)[C@H]1C[C@@H](O)CN1C(=O)c1csc(Br)c1. The van der Waals surface area contributed by atoms with E-state index in [1.165, 1.54) is 16.2 Å². The molecule has 2 heterocycles. The summed E-state index contributed by atoms with van der Waals surface area (Å²) in [5, 5.41) is 20.1. The van der Waals surface area contributed by atoms with Crippen molar-refractivity contribution in [2.24, 2.45) is 0 Å². The van der Waals surface area contributed by atoms with Crippen molar-refractivity contribution in [1.82, 2.24) is 4.90 Å². The van der Waals surface area contributed by atoms with E-state index in [1.54, 1.807) is 11.4 Å². The Kier molecular flexibility index (Phi) is 3.50. The van der Waals surface area contributed by atoms with Gasteiger partial charge in [0.1, 0.15) is 6.04 Å². The van der Waals surface area contributed by atoms with Crippen LogP contribution in [-0.4, -0.2) is 45.7 Å². The molecule has 0 radical (unpaired) electrons. The van der Waals surface area contributed by atoms with Crippen LogP contribution in [0.4, 0.5) is 0 Å². The Bertz CT molecular complexity index is 461. The van der Waals surface area contributed by atoms with Crippen LogP contribution in [0.2, 0.25) is 0 Å². The quantitative estimate of drug-likeness (QED) is 0.857. The summed E-state index contributed by atoms with van der Waals surface area (Å²) in [7, 11) is 0. The zero-order valence-electron chi connectivity index (χ0n) is 8.67. The number of aliphatic carboxylic acids is 1. The maximum Gasteiger partial charge on any atom is 0.326 e. The average molecular weight is 320 g/mol. The minimum atomic E-state index is -1.08. The number of amides is 1. The van der Waals surface area contributed by atoms with Gasteiger partial charge < -0.3 is 15.1 Å². The fourth-order valence-electron chi connectivity index (χ4n) is 1.86. The van der Waals surface area contributed by atoms with Crippen LogP contribution in [0.25, 0.3) is 0 Å². The topological polar surface area (TPSA) is 77.8 Å². The molecule has 1 amide bonds. The molecule has 0 aromatic carbocycles. The Morgan fingerprint density at radius 1 is 1.53 bits per heavy atom. The summed E-state index contributed by atoms with van der Waals surface area (Å²) in [6.45, 7) is 0.0727. The van der Waals surface area contributed by atoms with Gasteiger partial charge in [0.15, 0.2) is 0 Å². The van der Waals surface area contributed by atoms with Crippen molar-refractivity contribution in [3.05, 3.63) is 20.8 Å². The number of carboxylic acid groups (broad SMARTS) is 1. The molecule has 0 spiro atoms. The Morgan fingerprint density at radius 3 is 2.76 bits per heavy atom. The number of aliphatic hydroxyl groups is 1. The molecule has 1 aromatic rings. The predicted octanol–water partition coefficient (Wildman–Crippen LogP) is 1.17. The van der Waals surface area contributed by atoms with E-state index in [-0.39, 0.29) is 18.9 Å². The highest BCUT2D eigenvalue weighted by Gasteiger charge is 2.39. The molecular weight excluding hydrogens is 310 g/mol. The molecule has 0 unspecified atom stereocenters. The van der Waals surface area contributed by atoms with Gasteiger partial charge in [-0.2, -0.15) is 0 Å². The van der Waals surface area contributed by atoms with Crippen LogP contribution in [0.5, 0.6) is 0 Å². The first kappa shape index (κ1) is 12.5. The van der Waals surface area contributed by atoms with Crippen LogP contribution in [0.1, 0.15) is 16.8 Å². The van der Waals surface area contributed by atoms with Crippen molar-refractivity contribution in [3.8, 4) is 0 Å². The average Bonchev–Trinajstić information content (AvgIpc) is 2.83. The smallest absolute Gasteiger partial charge is 0.326 e. The largest absolute Gasteiger partial charge is 0.480 e. The van der Waals surface area contributed by atoms with Crippen LogP contribution in [0, 0.1) is 0 Å². The number of thiophene rings is 1. The highest BCUT2D eigenvalue weighted by Crippen LogP contribution is 2.25. The molecule has 2 atom stereocenters. The minimum Gasteiger partial charge on any atom is -0.480 e. The molecule has 1 fully saturated rings. The van der Waals surface area contributed by atoms with E-state index in [9.17, 15) is 14.7 Å². The van der Waals surface area contributed by atoms with Gasteiger partial charge in [-0.25, -0.2) is 4.79 Å². The van der Waals surface area contributed by atoms with Gasteiger partial charge in [-0.05, 0) is 22.0 Å². The summed E-state index contributed by atoms with van der Waals surface area (Å²) in [6, 6.07) is 0.715. The van der Waals surface area contributed by atoms with Gasteiger partial charge in [0.25, 0.3) is 5.91 Å². The zero-order valence-corrected chi connectivity index (χ0v) is 11.1. The lowest BCUT2D eigenvalue weighted by atomic mass is 10.2. The van der Waals surface area contributed by atoms with E-state index >= 15 is 0 Å². The molecule has 1 saturated heterocycles. The first-order chi connectivity index (χ1) is 7.99. The van der Waals surface area contributed by atoms with Crippen LogP contribution < -0.4 is 0 Å². The number of β-amino-alcohol motifs (C(OH)–C–C–N with tert-alkyl or cyclic N) is 1. The summed E-state index contributed by atoms with van der Waals surface area (Å²) in [6.07, 6.45) is -0.672. The molecule has 2 N–H and O–H groups in total. The minimum absolute atomic E-state index is 0.0727. The van der Waals surface area contributed by atoms with Gasteiger partial charge in [-0.15, -0.1) is 11.3 Å². The van der Waals surface area contributed by atoms with Crippen LogP contribution in [0.15, 0.2) is 15.2 Å². The molecule has 5 nitrogen and oxygen atoms in total. The molecule has 0 aliphatic carbocycles. The number of aliphatic hydroxyl groups excluding tert-OH is 1. The lowest BCUT2D eigenvalue weighted by Gasteiger charge is -2.20. The highest BCUT2D eigenvalue weighted by atomic mass is 79.9. The maximum atomic E-state index is 12.1. The second kappa shape index (κ2) is 4.75. The second-order valence-electron chi connectivity index (χ2n) is 3.84. The van der Waals surface area contributed by atoms with E-state index in [2.05, 4.69) is 15.9 Å². The Hall–Kier alpha value is -0.920. The standard InChI is InChI=1S/C10H10BrNO4S/c11-8-1-5(4-17-8)9(14)12-3-6(13)2-7(12)10(15)16/h1,4,6-7,13H,2-3H2,(H,15,16)/t6-,7-/m1/s1. The van der Waals surface area contributed by atoms with E-state index in [4.69, 9.17) is 5.11 Å². The zero-order chi connectivity index (χ0) is 12.6. The first-order valence-electron chi connectivity index (χ1n) is 4.95. The summed E-state index contributed by atoms with van der Waals surface area (Å²) in [5.74, 6) is -1.43. The lowest BCUT2D eigenvalue weighted by Crippen LogP contribution is -2.40. The third-order valence-electron chi connectivity index (χ3n) is 2.64. The van der Waals surface area contributed by atoms with Crippen LogP contribution in [-0.2, 0) is 4.79 Å². The molecule has 92 valence electrons. The number of carbonyl (C=O) groups excluding carboxylic acids is 1. The third-order valence-corrected chi connectivity index (χ3v) is 4.14. The van der Waals surface area contributed by atoms with Crippen molar-refractivity contribution in [1.29, 1.82) is 0 Å².